The van der Waals surface area contributed by atoms with Crippen LogP contribution in [-0.4, -0.2) is 50.2 Å². The van der Waals surface area contributed by atoms with Crippen molar-refractivity contribution in [3.05, 3.63) is 24.3 Å². The predicted octanol–water partition coefficient (Wildman–Crippen LogP) is 0.588. The first-order valence-corrected chi connectivity index (χ1v) is 7.08. The smallest absolute Gasteiger partial charge is 0.246 e. The van der Waals surface area contributed by atoms with Gasteiger partial charge in [0.15, 0.2) is 0 Å². The molecule has 2 unspecified atom stereocenters. The molecule has 1 aromatic rings. The van der Waals surface area contributed by atoms with Gasteiger partial charge in [-0.1, -0.05) is 6.92 Å². The first-order valence-electron chi connectivity index (χ1n) is 7.08. The summed E-state index contributed by atoms with van der Waals surface area (Å²) in [6.07, 6.45) is 5.45. The topological polar surface area (TPSA) is 66.4 Å². The predicted molar refractivity (Wildman–Crippen MR) is 71.4 cm³/mol. The molecule has 2 fully saturated rings. The highest BCUT2D eigenvalue weighted by molar-refractivity contribution is 5.97. The third-order valence-corrected chi connectivity index (χ3v) is 4.13. The van der Waals surface area contributed by atoms with E-state index in [1.807, 2.05) is 6.92 Å². The molecular weight excluding hydrogens is 256 g/mol. The Bertz CT molecular complexity index is 519. The summed E-state index contributed by atoms with van der Waals surface area (Å²) in [6, 6.07) is 1.17. The second-order valence-corrected chi connectivity index (χ2v) is 5.28. The zero-order chi connectivity index (χ0) is 14.1. The summed E-state index contributed by atoms with van der Waals surface area (Å²) in [4.78, 5) is 36.6. The molecular formula is C14H18N4O2. The Morgan fingerprint density at radius 2 is 2.20 bits per heavy atom. The third kappa shape index (κ3) is 2.05. The molecule has 2 saturated heterocycles. The highest BCUT2D eigenvalue weighted by Gasteiger charge is 2.46. The lowest BCUT2D eigenvalue weighted by molar-refractivity contribution is -0.160. The van der Waals surface area contributed by atoms with E-state index in [0.717, 1.165) is 18.5 Å². The van der Waals surface area contributed by atoms with Crippen molar-refractivity contribution in [2.24, 2.45) is 0 Å². The molecule has 2 amide bonds. The summed E-state index contributed by atoms with van der Waals surface area (Å²) in [5.41, 5.74) is 0.769. The van der Waals surface area contributed by atoms with Gasteiger partial charge in [-0.2, -0.15) is 0 Å². The minimum absolute atomic E-state index is 0.0626. The van der Waals surface area contributed by atoms with Crippen molar-refractivity contribution in [2.75, 3.05) is 6.54 Å². The van der Waals surface area contributed by atoms with Gasteiger partial charge in [-0.25, -0.2) is 9.97 Å². The lowest BCUT2D eigenvalue weighted by Crippen LogP contribution is -2.62. The Balaban J connectivity index is 1.87. The van der Waals surface area contributed by atoms with Crippen molar-refractivity contribution in [1.29, 1.82) is 0 Å². The van der Waals surface area contributed by atoms with Crippen LogP contribution in [0, 0.1) is 0 Å². The molecule has 0 aromatic carbocycles. The summed E-state index contributed by atoms with van der Waals surface area (Å²) in [5, 5.41) is 0. The number of hydrogen-bond acceptors (Lipinski definition) is 4. The lowest BCUT2D eigenvalue weighted by Gasteiger charge is -2.41. The van der Waals surface area contributed by atoms with Gasteiger partial charge in [0.25, 0.3) is 0 Å². The Hall–Kier alpha value is -1.98. The van der Waals surface area contributed by atoms with E-state index < -0.39 is 0 Å². The van der Waals surface area contributed by atoms with Crippen molar-refractivity contribution >= 4 is 11.8 Å². The summed E-state index contributed by atoms with van der Waals surface area (Å²) >= 11 is 0. The highest BCUT2D eigenvalue weighted by atomic mass is 16.2. The van der Waals surface area contributed by atoms with Gasteiger partial charge in [0.2, 0.25) is 11.8 Å². The maximum absolute atomic E-state index is 12.6. The molecule has 106 valence electrons. The van der Waals surface area contributed by atoms with Crippen molar-refractivity contribution in [3.63, 3.8) is 0 Å². The average molecular weight is 274 g/mol. The van der Waals surface area contributed by atoms with Crippen LogP contribution in [0.25, 0.3) is 0 Å². The van der Waals surface area contributed by atoms with Crippen molar-refractivity contribution in [3.8, 4) is 0 Å². The number of amides is 2. The molecule has 2 aliphatic heterocycles. The van der Waals surface area contributed by atoms with E-state index >= 15 is 0 Å². The summed E-state index contributed by atoms with van der Waals surface area (Å²) in [5.74, 6) is 0.149. The van der Waals surface area contributed by atoms with Crippen molar-refractivity contribution in [2.45, 2.75) is 44.8 Å². The van der Waals surface area contributed by atoms with Gasteiger partial charge in [0.05, 0.1) is 12.2 Å². The number of piperazine rings is 1. The van der Waals surface area contributed by atoms with Gasteiger partial charge >= 0.3 is 0 Å². The fourth-order valence-electron chi connectivity index (χ4n) is 3.13. The normalized spacial score (nSPS) is 26.1. The van der Waals surface area contributed by atoms with Crippen LogP contribution in [0.1, 0.15) is 31.9 Å². The van der Waals surface area contributed by atoms with Gasteiger partial charge in [-0.3, -0.25) is 9.59 Å². The molecule has 0 bridgehead atoms. The number of carbonyl (C=O) groups is 2. The summed E-state index contributed by atoms with van der Waals surface area (Å²) in [7, 11) is 0. The Morgan fingerprint density at radius 1 is 1.35 bits per heavy atom. The van der Waals surface area contributed by atoms with Crippen LogP contribution in [0.15, 0.2) is 18.6 Å². The Morgan fingerprint density at radius 3 is 2.90 bits per heavy atom. The molecule has 2 aliphatic rings. The molecule has 0 N–H and O–H groups in total. The second-order valence-electron chi connectivity index (χ2n) is 5.28. The van der Waals surface area contributed by atoms with E-state index in [4.69, 9.17) is 0 Å². The standard InChI is InChI=1S/C14H18N4O2/c1-2-11-13(19)17-7-3-4-12(17)14(20)18(11)8-10-5-6-15-9-16-10/h5-6,9,11-12H,2-4,7-8H2,1H3. The molecule has 3 heterocycles. The zero-order valence-corrected chi connectivity index (χ0v) is 11.5. The summed E-state index contributed by atoms with van der Waals surface area (Å²) < 4.78 is 0. The van der Waals surface area contributed by atoms with E-state index in [-0.39, 0.29) is 23.9 Å². The molecule has 1 aromatic heterocycles. The average Bonchev–Trinajstić information content (AvgIpc) is 2.96. The van der Waals surface area contributed by atoms with Crippen LogP contribution in [0.3, 0.4) is 0 Å². The van der Waals surface area contributed by atoms with Crippen LogP contribution in [-0.2, 0) is 16.1 Å². The number of rotatable bonds is 3. The number of aromatic nitrogens is 2. The van der Waals surface area contributed by atoms with E-state index in [1.54, 1.807) is 22.1 Å². The Labute approximate surface area is 117 Å². The van der Waals surface area contributed by atoms with Crippen LogP contribution < -0.4 is 0 Å². The van der Waals surface area contributed by atoms with Gasteiger partial charge in [-0.05, 0) is 25.3 Å². The molecule has 2 atom stereocenters. The van der Waals surface area contributed by atoms with Crippen LogP contribution in [0.5, 0.6) is 0 Å². The first kappa shape index (κ1) is 13.0. The Kier molecular flexibility index (Phi) is 3.38. The minimum Gasteiger partial charge on any atom is -0.329 e. The van der Waals surface area contributed by atoms with E-state index in [2.05, 4.69) is 9.97 Å². The van der Waals surface area contributed by atoms with Crippen LogP contribution in [0.2, 0.25) is 0 Å². The molecule has 0 spiro atoms. The molecule has 6 nitrogen and oxygen atoms in total. The molecule has 6 heteroatoms. The third-order valence-electron chi connectivity index (χ3n) is 4.13. The first-order chi connectivity index (χ1) is 9.72. The maximum Gasteiger partial charge on any atom is 0.246 e. The van der Waals surface area contributed by atoms with E-state index in [0.29, 0.717) is 19.5 Å². The molecule has 0 radical (unpaired) electrons. The van der Waals surface area contributed by atoms with Gasteiger partial charge < -0.3 is 9.80 Å². The van der Waals surface area contributed by atoms with Gasteiger partial charge in [0, 0.05) is 12.7 Å². The lowest BCUT2D eigenvalue weighted by atomic mass is 10.0. The minimum atomic E-state index is -0.355. The molecule has 3 rings (SSSR count). The fraction of sp³-hybridized carbons (Fsp3) is 0.571. The van der Waals surface area contributed by atoms with Gasteiger partial charge in [-0.15, -0.1) is 0 Å². The number of nitrogens with zero attached hydrogens (tertiary/aromatic N) is 4. The SMILES string of the molecule is CCC1C(=O)N2CCCC2C(=O)N1Cc1ccncn1. The van der Waals surface area contributed by atoms with E-state index in [9.17, 15) is 9.59 Å². The van der Waals surface area contributed by atoms with Crippen molar-refractivity contribution in [1.82, 2.24) is 19.8 Å². The van der Waals surface area contributed by atoms with Crippen molar-refractivity contribution < 1.29 is 9.59 Å². The largest absolute Gasteiger partial charge is 0.329 e. The number of carbonyl (C=O) groups excluding carboxylic acids is 2. The number of fused-ring (bicyclic) bond motifs is 1. The fourth-order valence-corrected chi connectivity index (χ4v) is 3.13. The van der Waals surface area contributed by atoms with Crippen LogP contribution >= 0.6 is 0 Å². The zero-order valence-electron chi connectivity index (χ0n) is 11.5. The van der Waals surface area contributed by atoms with Crippen LogP contribution in [0.4, 0.5) is 0 Å². The monoisotopic (exact) mass is 274 g/mol. The molecule has 20 heavy (non-hydrogen) atoms. The second kappa shape index (κ2) is 5.19. The summed E-state index contributed by atoms with van der Waals surface area (Å²) in [6.45, 7) is 3.04. The molecule has 0 saturated carbocycles. The van der Waals surface area contributed by atoms with E-state index in [1.165, 1.54) is 6.33 Å². The maximum atomic E-state index is 12.6. The van der Waals surface area contributed by atoms with Gasteiger partial charge in [0.1, 0.15) is 18.4 Å². The number of hydrogen-bond donors (Lipinski definition) is 0. The molecule has 0 aliphatic carbocycles. The highest BCUT2D eigenvalue weighted by Crippen LogP contribution is 2.28. The quantitative estimate of drug-likeness (QED) is 0.809.